The summed E-state index contributed by atoms with van der Waals surface area (Å²) >= 11 is 0. The van der Waals surface area contributed by atoms with Crippen LogP contribution in [0.3, 0.4) is 0 Å². The standard InChI is InChI=1S/C49H60/c1-30(2)46(29-49(7,8)9)47-33(5)24-41-26-40(28-44(41)48(47)38-16-14-31(3)15-17-38)39-22-23-42-32(4)25-43(45(42)27-39)37-20-18-36(19-21-37)34(6)35-12-10-11-13-35/h14-17,22-27,32,35-37,46H,1,6,10-13,18-21,28-29H2,2-5,7-9H3/t32?,36?,37?,46-/m1/s1. The van der Waals surface area contributed by atoms with Gasteiger partial charge in [-0.25, -0.2) is 0 Å². The molecule has 0 nitrogen and oxygen atoms in total. The summed E-state index contributed by atoms with van der Waals surface area (Å²) in [5, 5.41) is 0. The molecule has 0 N–H and O–H groups in total. The fraction of sp³-hybridized carbons (Fsp3) is 0.469. The molecule has 256 valence electrons. The van der Waals surface area contributed by atoms with Crippen LogP contribution >= 0.6 is 0 Å². The molecule has 0 radical (unpaired) electrons. The summed E-state index contributed by atoms with van der Waals surface area (Å²) in [6, 6.07) is 19.2. The molecule has 4 aliphatic carbocycles. The van der Waals surface area contributed by atoms with Crippen molar-refractivity contribution in [2.24, 2.45) is 23.2 Å². The van der Waals surface area contributed by atoms with E-state index in [4.69, 9.17) is 0 Å². The lowest BCUT2D eigenvalue weighted by atomic mass is 9.72. The summed E-state index contributed by atoms with van der Waals surface area (Å²) in [7, 11) is 0. The van der Waals surface area contributed by atoms with Crippen LogP contribution in [-0.2, 0) is 6.42 Å². The van der Waals surface area contributed by atoms with Crippen molar-refractivity contribution in [1.29, 1.82) is 0 Å². The van der Waals surface area contributed by atoms with E-state index in [1.54, 1.807) is 11.1 Å². The van der Waals surface area contributed by atoms with E-state index < -0.39 is 0 Å². The van der Waals surface area contributed by atoms with E-state index in [1.165, 1.54) is 118 Å². The third kappa shape index (κ3) is 6.74. The first kappa shape index (κ1) is 34.1. The number of fused-ring (bicyclic) bond motifs is 2. The van der Waals surface area contributed by atoms with Crippen LogP contribution in [-0.4, -0.2) is 0 Å². The summed E-state index contributed by atoms with van der Waals surface area (Å²) in [5.41, 5.74) is 20.5. The highest BCUT2D eigenvalue weighted by molar-refractivity contribution is 5.94. The average Bonchev–Trinajstić information content (AvgIpc) is 3.82. The molecule has 0 aromatic heterocycles. The lowest BCUT2D eigenvalue weighted by Crippen LogP contribution is -2.19. The zero-order valence-corrected chi connectivity index (χ0v) is 31.6. The minimum atomic E-state index is 0.207. The highest BCUT2D eigenvalue weighted by Gasteiger charge is 2.34. The quantitative estimate of drug-likeness (QED) is 0.213. The van der Waals surface area contributed by atoms with E-state index in [9.17, 15) is 0 Å². The van der Waals surface area contributed by atoms with Crippen LogP contribution < -0.4 is 0 Å². The molecule has 0 heteroatoms. The summed E-state index contributed by atoms with van der Waals surface area (Å²) < 4.78 is 0. The van der Waals surface area contributed by atoms with Gasteiger partial charge in [0, 0.05) is 11.8 Å². The Bertz CT molecular complexity index is 1820. The number of benzene rings is 3. The molecule has 4 aliphatic rings. The number of hydrogen-bond donors (Lipinski definition) is 0. The van der Waals surface area contributed by atoms with Crippen molar-refractivity contribution >= 4 is 17.2 Å². The van der Waals surface area contributed by atoms with Crippen molar-refractivity contribution in [1.82, 2.24) is 0 Å². The van der Waals surface area contributed by atoms with Crippen molar-refractivity contribution in [3.63, 3.8) is 0 Å². The van der Waals surface area contributed by atoms with Gasteiger partial charge in [-0.1, -0.05) is 125 Å². The normalized spacial score (nSPS) is 22.8. The molecule has 3 aromatic carbocycles. The van der Waals surface area contributed by atoms with E-state index in [0.717, 1.165) is 24.7 Å². The summed E-state index contributed by atoms with van der Waals surface area (Å²) in [4.78, 5) is 0. The molecule has 2 fully saturated rings. The van der Waals surface area contributed by atoms with Crippen molar-refractivity contribution in [3.05, 3.63) is 123 Å². The van der Waals surface area contributed by atoms with Crippen LogP contribution in [0, 0.1) is 37.0 Å². The molecule has 0 heterocycles. The Morgan fingerprint density at radius 2 is 1.49 bits per heavy atom. The summed E-state index contributed by atoms with van der Waals surface area (Å²) in [6.07, 6.45) is 18.0. The maximum absolute atomic E-state index is 4.65. The molecule has 0 spiro atoms. The largest absolute Gasteiger partial charge is 0.0995 e. The maximum Gasteiger partial charge on any atom is 0.00565 e. The van der Waals surface area contributed by atoms with Gasteiger partial charge in [-0.15, -0.1) is 0 Å². The Morgan fingerprint density at radius 3 is 2.14 bits per heavy atom. The molecule has 2 atom stereocenters. The van der Waals surface area contributed by atoms with E-state index in [2.05, 4.69) is 122 Å². The van der Waals surface area contributed by atoms with Crippen LogP contribution in [0.1, 0.15) is 149 Å². The second-order valence-corrected chi connectivity index (χ2v) is 17.7. The van der Waals surface area contributed by atoms with Crippen LogP contribution in [0.25, 0.3) is 28.3 Å². The van der Waals surface area contributed by atoms with Gasteiger partial charge in [0.15, 0.2) is 0 Å². The number of aryl methyl sites for hydroxylation is 2. The van der Waals surface area contributed by atoms with Gasteiger partial charge >= 0.3 is 0 Å². The van der Waals surface area contributed by atoms with Gasteiger partial charge in [0.05, 0.1) is 0 Å². The predicted molar refractivity (Wildman–Crippen MR) is 214 cm³/mol. The van der Waals surface area contributed by atoms with Crippen molar-refractivity contribution in [2.45, 2.75) is 125 Å². The Balaban J connectivity index is 1.20. The Hall–Kier alpha value is -3.38. The van der Waals surface area contributed by atoms with Crippen LogP contribution in [0.2, 0.25) is 0 Å². The monoisotopic (exact) mass is 648 g/mol. The number of allylic oxidation sites excluding steroid dienone is 5. The van der Waals surface area contributed by atoms with Gasteiger partial charge in [0.2, 0.25) is 0 Å². The molecule has 7 rings (SSSR count). The van der Waals surface area contributed by atoms with E-state index in [0.29, 0.717) is 17.8 Å². The molecular weight excluding hydrogens is 589 g/mol. The van der Waals surface area contributed by atoms with Gasteiger partial charge in [-0.3, -0.25) is 0 Å². The summed E-state index contributed by atoms with van der Waals surface area (Å²) in [5.74, 6) is 3.05. The molecule has 2 saturated carbocycles. The number of rotatable bonds is 8. The van der Waals surface area contributed by atoms with E-state index >= 15 is 0 Å². The number of hydrogen-bond acceptors (Lipinski definition) is 0. The summed E-state index contributed by atoms with van der Waals surface area (Å²) in [6.45, 7) is 25.5. The molecule has 0 aliphatic heterocycles. The Labute approximate surface area is 298 Å². The topological polar surface area (TPSA) is 0 Å². The molecule has 0 bridgehead atoms. The first-order valence-electron chi connectivity index (χ1n) is 19.5. The van der Waals surface area contributed by atoms with Gasteiger partial charge < -0.3 is 0 Å². The molecule has 49 heavy (non-hydrogen) atoms. The minimum Gasteiger partial charge on any atom is -0.0995 e. The zero-order chi connectivity index (χ0) is 34.6. The van der Waals surface area contributed by atoms with Crippen LogP contribution in [0.5, 0.6) is 0 Å². The first-order chi connectivity index (χ1) is 23.4. The van der Waals surface area contributed by atoms with Gasteiger partial charge in [0.25, 0.3) is 0 Å². The highest BCUT2D eigenvalue weighted by atomic mass is 14.4. The average molecular weight is 649 g/mol. The fourth-order valence-corrected chi connectivity index (χ4v) is 10.1. The predicted octanol–water partition coefficient (Wildman–Crippen LogP) is 14.2. The second-order valence-electron chi connectivity index (χ2n) is 17.7. The second kappa shape index (κ2) is 13.4. The molecular formula is C49H60. The highest BCUT2D eigenvalue weighted by Crippen LogP contribution is 2.50. The fourth-order valence-electron chi connectivity index (χ4n) is 10.1. The zero-order valence-electron chi connectivity index (χ0n) is 31.6. The smallest absolute Gasteiger partial charge is 0.00565 e. The maximum atomic E-state index is 4.65. The first-order valence-corrected chi connectivity index (χ1v) is 19.5. The van der Waals surface area contributed by atoms with Crippen molar-refractivity contribution in [2.75, 3.05) is 0 Å². The molecule has 0 amide bonds. The van der Waals surface area contributed by atoms with Crippen LogP contribution in [0.4, 0.5) is 0 Å². The third-order valence-electron chi connectivity index (χ3n) is 12.7. The van der Waals surface area contributed by atoms with Crippen molar-refractivity contribution in [3.8, 4) is 11.1 Å². The van der Waals surface area contributed by atoms with Crippen molar-refractivity contribution < 1.29 is 0 Å². The van der Waals surface area contributed by atoms with Gasteiger partial charge in [0.1, 0.15) is 0 Å². The lowest BCUT2D eigenvalue weighted by molar-refractivity contribution is 0.331. The molecule has 1 unspecified atom stereocenters. The molecule has 3 aromatic rings. The molecule has 0 saturated heterocycles. The van der Waals surface area contributed by atoms with E-state index in [1.807, 2.05) is 0 Å². The van der Waals surface area contributed by atoms with Gasteiger partial charge in [-0.2, -0.15) is 0 Å². The SMILES string of the molecule is C=C(C1CCCC1)C1CCC(C2=CC(C)c3ccc(C4=Cc5cc(C)c([C@H](CC(C)(C)C)C(=C)C)c(-c6ccc(C)cc6)c5C4)cc32)CC1. The minimum absolute atomic E-state index is 0.207. The Kier molecular flexibility index (Phi) is 9.32. The van der Waals surface area contributed by atoms with Gasteiger partial charge in [-0.05, 0) is 163 Å². The lowest BCUT2D eigenvalue weighted by Gasteiger charge is -2.33. The Morgan fingerprint density at radius 1 is 0.837 bits per heavy atom. The third-order valence-corrected chi connectivity index (χ3v) is 12.7. The van der Waals surface area contributed by atoms with E-state index in [-0.39, 0.29) is 5.41 Å². The van der Waals surface area contributed by atoms with Crippen LogP contribution in [0.15, 0.2) is 78.9 Å².